The SMILES string of the molecule is O=C1C=Cc2c(-c3cccc4ccccc34)oc3cccc1c23. The Morgan fingerprint density at radius 3 is 2.48 bits per heavy atom. The number of carbonyl (C=O) groups is 1. The van der Waals surface area contributed by atoms with Crippen LogP contribution in [0.1, 0.15) is 15.9 Å². The van der Waals surface area contributed by atoms with Gasteiger partial charge in [0.25, 0.3) is 0 Å². The van der Waals surface area contributed by atoms with Crippen molar-refractivity contribution < 1.29 is 9.21 Å². The lowest BCUT2D eigenvalue weighted by atomic mass is 9.93. The first-order valence-electron chi connectivity index (χ1n) is 7.59. The number of ketones is 1. The molecule has 3 aromatic carbocycles. The lowest BCUT2D eigenvalue weighted by molar-refractivity contribution is 0.104. The number of hydrogen-bond donors (Lipinski definition) is 0. The molecule has 0 aliphatic heterocycles. The first-order valence-corrected chi connectivity index (χ1v) is 7.59. The number of fused-ring (bicyclic) bond motifs is 1. The van der Waals surface area contributed by atoms with Crippen LogP contribution in [0.3, 0.4) is 0 Å². The summed E-state index contributed by atoms with van der Waals surface area (Å²) < 4.78 is 6.15. The molecule has 2 nitrogen and oxygen atoms in total. The molecule has 0 spiro atoms. The van der Waals surface area contributed by atoms with Gasteiger partial charge in [-0.25, -0.2) is 0 Å². The third kappa shape index (κ3) is 1.66. The van der Waals surface area contributed by atoms with E-state index in [1.54, 1.807) is 6.08 Å². The average molecular weight is 296 g/mol. The summed E-state index contributed by atoms with van der Waals surface area (Å²) in [7, 11) is 0. The van der Waals surface area contributed by atoms with Crippen molar-refractivity contribution in [3.63, 3.8) is 0 Å². The molecule has 0 unspecified atom stereocenters. The lowest BCUT2D eigenvalue weighted by Gasteiger charge is -2.07. The molecule has 0 amide bonds. The summed E-state index contributed by atoms with van der Waals surface area (Å²) >= 11 is 0. The molecular formula is C21H12O2. The van der Waals surface area contributed by atoms with Crippen molar-refractivity contribution in [2.75, 3.05) is 0 Å². The van der Waals surface area contributed by atoms with Gasteiger partial charge in [-0.2, -0.15) is 0 Å². The van der Waals surface area contributed by atoms with Crippen LogP contribution in [0, 0.1) is 0 Å². The third-order valence-corrected chi connectivity index (χ3v) is 4.45. The normalized spacial score (nSPS) is 13.1. The maximum Gasteiger partial charge on any atom is 0.186 e. The zero-order valence-electron chi connectivity index (χ0n) is 12.2. The highest BCUT2D eigenvalue weighted by Crippen LogP contribution is 2.40. The van der Waals surface area contributed by atoms with Crippen molar-refractivity contribution in [3.8, 4) is 11.3 Å². The Balaban J connectivity index is 1.92. The fourth-order valence-electron chi connectivity index (χ4n) is 3.41. The topological polar surface area (TPSA) is 30.2 Å². The molecule has 5 rings (SSSR count). The Morgan fingerprint density at radius 2 is 1.52 bits per heavy atom. The van der Waals surface area contributed by atoms with Gasteiger partial charge in [0, 0.05) is 22.1 Å². The van der Waals surface area contributed by atoms with Gasteiger partial charge in [-0.05, 0) is 29.0 Å². The van der Waals surface area contributed by atoms with E-state index in [1.807, 2.05) is 42.5 Å². The Morgan fingerprint density at radius 1 is 0.739 bits per heavy atom. The van der Waals surface area contributed by atoms with E-state index in [-0.39, 0.29) is 5.78 Å². The molecule has 2 heteroatoms. The largest absolute Gasteiger partial charge is 0.455 e. The molecule has 0 bridgehead atoms. The molecule has 108 valence electrons. The maximum atomic E-state index is 12.1. The Labute approximate surface area is 132 Å². The minimum Gasteiger partial charge on any atom is -0.455 e. The second-order valence-corrected chi connectivity index (χ2v) is 5.75. The minimum atomic E-state index is 0.0355. The van der Waals surface area contributed by atoms with E-state index in [4.69, 9.17) is 4.42 Å². The molecule has 1 aliphatic rings. The molecule has 1 aromatic heterocycles. The van der Waals surface area contributed by atoms with Gasteiger partial charge in [0.15, 0.2) is 5.78 Å². The van der Waals surface area contributed by atoms with E-state index in [9.17, 15) is 4.79 Å². The van der Waals surface area contributed by atoms with Crippen LogP contribution in [0.15, 0.2) is 71.2 Å². The molecule has 0 fully saturated rings. The molecule has 0 N–H and O–H groups in total. The smallest absolute Gasteiger partial charge is 0.186 e. The lowest BCUT2D eigenvalue weighted by Crippen LogP contribution is -1.99. The first kappa shape index (κ1) is 12.4. The summed E-state index contributed by atoms with van der Waals surface area (Å²) in [5.74, 6) is 0.862. The van der Waals surface area contributed by atoms with Crippen LogP contribution < -0.4 is 0 Å². The van der Waals surface area contributed by atoms with Gasteiger partial charge in [-0.3, -0.25) is 4.79 Å². The Hall–Kier alpha value is -3.13. The maximum absolute atomic E-state index is 12.1. The molecule has 0 saturated carbocycles. The van der Waals surface area contributed by atoms with Crippen molar-refractivity contribution in [1.82, 2.24) is 0 Å². The highest BCUT2D eigenvalue weighted by atomic mass is 16.3. The van der Waals surface area contributed by atoms with E-state index < -0.39 is 0 Å². The predicted molar refractivity (Wildman–Crippen MR) is 92.5 cm³/mol. The Bertz CT molecular complexity index is 1120. The van der Waals surface area contributed by atoms with E-state index in [1.165, 1.54) is 5.39 Å². The van der Waals surface area contributed by atoms with E-state index in [2.05, 4.69) is 24.3 Å². The van der Waals surface area contributed by atoms with Gasteiger partial charge in [0.05, 0.1) is 0 Å². The van der Waals surface area contributed by atoms with Crippen molar-refractivity contribution >= 4 is 33.6 Å². The average Bonchev–Trinajstić information content (AvgIpc) is 2.97. The fourth-order valence-corrected chi connectivity index (χ4v) is 3.41. The number of carbonyl (C=O) groups excluding carboxylic acids is 1. The molecule has 4 aromatic rings. The van der Waals surface area contributed by atoms with Crippen LogP contribution in [0.4, 0.5) is 0 Å². The van der Waals surface area contributed by atoms with Crippen molar-refractivity contribution in [2.24, 2.45) is 0 Å². The minimum absolute atomic E-state index is 0.0355. The van der Waals surface area contributed by atoms with Crippen molar-refractivity contribution in [3.05, 3.63) is 77.9 Å². The molecule has 23 heavy (non-hydrogen) atoms. The summed E-state index contributed by atoms with van der Waals surface area (Å²) in [5.41, 5.74) is 3.53. The van der Waals surface area contributed by atoms with Gasteiger partial charge in [0.1, 0.15) is 11.3 Å². The quantitative estimate of drug-likeness (QED) is 0.466. The third-order valence-electron chi connectivity index (χ3n) is 4.45. The monoisotopic (exact) mass is 296 g/mol. The summed E-state index contributed by atoms with van der Waals surface area (Å²) in [4.78, 5) is 12.1. The van der Waals surface area contributed by atoms with E-state index in [0.29, 0.717) is 0 Å². The molecule has 1 aliphatic carbocycles. The summed E-state index contributed by atoms with van der Waals surface area (Å²) in [6.45, 7) is 0. The number of hydrogen-bond acceptors (Lipinski definition) is 2. The van der Waals surface area contributed by atoms with Crippen LogP contribution in [-0.2, 0) is 0 Å². The van der Waals surface area contributed by atoms with Crippen LogP contribution in [0.25, 0.3) is 39.1 Å². The molecule has 0 atom stereocenters. The number of furan rings is 1. The zero-order valence-corrected chi connectivity index (χ0v) is 12.2. The van der Waals surface area contributed by atoms with Crippen molar-refractivity contribution in [2.45, 2.75) is 0 Å². The van der Waals surface area contributed by atoms with Crippen LogP contribution in [0.2, 0.25) is 0 Å². The van der Waals surface area contributed by atoms with Gasteiger partial charge in [-0.15, -0.1) is 0 Å². The molecule has 0 radical (unpaired) electrons. The second kappa shape index (κ2) is 4.43. The molecule has 1 heterocycles. The van der Waals surface area contributed by atoms with Gasteiger partial charge < -0.3 is 4.42 Å². The molecule has 0 saturated heterocycles. The number of benzene rings is 3. The van der Waals surface area contributed by atoms with E-state index in [0.717, 1.165) is 38.8 Å². The van der Waals surface area contributed by atoms with Crippen LogP contribution >= 0.6 is 0 Å². The van der Waals surface area contributed by atoms with Crippen LogP contribution in [0.5, 0.6) is 0 Å². The first-order chi connectivity index (χ1) is 11.3. The van der Waals surface area contributed by atoms with Gasteiger partial charge >= 0.3 is 0 Å². The predicted octanol–water partition coefficient (Wildman–Crippen LogP) is 5.46. The fraction of sp³-hybridized carbons (Fsp3) is 0. The summed E-state index contributed by atoms with van der Waals surface area (Å²) in [6, 6.07) is 20.1. The number of rotatable bonds is 1. The second-order valence-electron chi connectivity index (χ2n) is 5.75. The van der Waals surface area contributed by atoms with Crippen LogP contribution in [-0.4, -0.2) is 5.78 Å². The Kier molecular flexibility index (Phi) is 2.39. The standard InChI is InChI=1S/C21H12O2/c22-18-12-11-17-20-16(18)9-4-10-19(20)23-21(17)15-8-3-6-13-5-1-2-7-14(13)15/h1-12H. The highest BCUT2D eigenvalue weighted by molar-refractivity contribution is 6.21. The summed E-state index contributed by atoms with van der Waals surface area (Å²) in [6.07, 6.45) is 3.50. The highest BCUT2D eigenvalue weighted by Gasteiger charge is 2.23. The van der Waals surface area contributed by atoms with Gasteiger partial charge in [0.2, 0.25) is 0 Å². The zero-order chi connectivity index (χ0) is 15.4. The van der Waals surface area contributed by atoms with Gasteiger partial charge in [-0.1, -0.05) is 54.6 Å². The van der Waals surface area contributed by atoms with E-state index >= 15 is 0 Å². The number of allylic oxidation sites excluding steroid dienone is 1. The summed E-state index contributed by atoms with van der Waals surface area (Å²) in [5, 5.41) is 3.24. The molecular weight excluding hydrogens is 284 g/mol. The van der Waals surface area contributed by atoms with Crippen molar-refractivity contribution in [1.29, 1.82) is 0 Å².